The summed E-state index contributed by atoms with van der Waals surface area (Å²) in [5, 5.41) is 3.14. The summed E-state index contributed by atoms with van der Waals surface area (Å²) in [7, 11) is -3.75. The van der Waals surface area contributed by atoms with Crippen LogP contribution in [0.3, 0.4) is 0 Å². The van der Waals surface area contributed by atoms with E-state index in [0.29, 0.717) is 13.1 Å². The lowest BCUT2D eigenvalue weighted by Crippen LogP contribution is -2.32. The summed E-state index contributed by atoms with van der Waals surface area (Å²) >= 11 is 6.26. The largest absolute Gasteiger partial charge is 0.346 e. The molecule has 2 aromatic carbocycles. The van der Waals surface area contributed by atoms with Crippen LogP contribution in [0.5, 0.6) is 0 Å². The molecule has 0 aliphatic carbocycles. The Morgan fingerprint density at radius 1 is 0.968 bits per heavy atom. The maximum absolute atomic E-state index is 13.2. The molecule has 1 fully saturated rings. The molecule has 1 saturated heterocycles. The molecule has 1 aliphatic heterocycles. The fourth-order valence-corrected chi connectivity index (χ4v) is 6.09. The van der Waals surface area contributed by atoms with Gasteiger partial charge >= 0.3 is 0 Å². The molecule has 0 radical (unpaired) electrons. The quantitative estimate of drug-likeness (QED) is 0.653. The molecule has 0 saturated carbocycles. The van der Waals surface area contributed by atoms with Gasteiger partial charge in [0.2, 0.25) is 10.0 Å². The highest BCUT2D eigenvalue weighted by Gasteiger charge is 2.28. The number of rotatable bonds is 5. The Morgan fingerprint density at radius 3 is 2.23 bits per heavy atom. The standard InChI is InChI=1S/C24H31ClN2O3S/c1-16-13-18(3)21(14-17(16)2)19(4)26-24(28)20-9-10-22(25)23(15-20)31(29,30)27-11-7-5-6-8-12-27/h9-10,13-15,19H,5-8,11-12H2,1-4H3,(H,26,28). The minimum Gasteiger partial charge on any atom is -0.346 e. The zero-order valence-electron chi connectivity index (χ0n) is 18.7. The molecule has 1 amide bonds. The van der Waals surface area contributed by atoms with Crippen LogP contribution >= 0.6 is 11.6 Å². The number of hydrogen-bond acceptors (Lipinski definition) is 3. The third-order valence-electron chi connectivity index (χ3n) is 6.07. The van der Waals surface area contributed by atoms with Gasteiger partial charge in [-0.2, -0.15) is 4.31 Å². The topological polar surface area (TPSA) is 66.5 Å². The first-order chi connectivity index (χ1) is 14.6. The molecule has 7 heteroatoms. The van der Waals surface area contributed by atoms with E-state index in [0.717, 1.165) is 36.8 Å². The minimum atomic E-state index is -3.75. The lowest BCUT2D eigenvalue weighted by atomic mass is 9.96. The van der Waals surface area contributed by atoms with E-state index in [-0.39, 0.29) is 27.4 Å². The molecule has 1 heterocycles. The second kappa shape index (κ2) is 9.72. The summed E-state index contributed by atoms with van der Waals surface area (Å²) in [5.74, 6) is -0.325. The molecule has 0 bridgehead atoms. The molecule has 1 unspecified atom stereocenters. The van der Waals surface area contributed by atoms with Crippen LogP contribution in [0.2, 0.25) is 5.02 Å². The van der Waals surface area contributed by atoms with Crippen molar-refractivity contribution in [2.75, 3.05) is 13.1 Å². The Bertz CT molecular complexity index is 1070. The summed E-state index contributed by atoms with van der Waals surface area (Å²) in [5.41, 5.74) is 4.81. The maximum atomic E-state index is 13.2. The third-order valence-corrected chi connectivity index (χ3v) is 8.45. The van der Waals surface area contributed by atoms with Crippen molar-refractivity contribution in [2.24, 2.45) is 0 Å². The van der Waals surface area contributed by atoms with E-state index in [2.05, 4.69) is 24.4 Å². The molecule has 3 rings (SSSR count). The van der Waals surface area contributed by atoms with Gasteiger partial charge in [0.15, 0.2) is 0 Å². The van der Waals surface area contributed by atoms with Gasteiger partial charge in [-0.25, -0.2) is 8.42 Å². The molecule has 0 aromatic heterocycles. The van der Waals surface area contributed by atoms with Crippen LogP contribution in [0.15, 0.2) is 35.2 Å². The lowest BCUT2D eigenvalue weighted by Gasteiger charge is -2.21. The van der Waals surface area contributed by atoms with Crippen LogP contribution < -0.4 is 5.32 Å². The highest BCUT2D eigenvalue weighted by molar-refractivity contribution is 7.89. The first-order valence-corrected chi connectivity index (χ1v) is 12.6. The number of halogens is 1. The Morgan fingerprint density at radius 2 is 1.58 bits per heavy atom. The van der Waals surface area contributed by atoms with Gasteiger partial charge in [-0.1, -0.05) is 36.6 Å². The molecular formula is C24H31ClN2O3S. The van der Waals surface area contributed by atoms with Crippen molar-refractivity contribution < 1.29 is 13.2 Å². The summed E-state index contributed by atoms with van der Waals surface area (Å²) in [4.78, 5) is 12.9. The molecule has 31 heavy (non-hydrogen) atoms. The number of carbonyl (C=O) groups excluding carboxylic acids is 1. The van der Waals surface area contributed by atoms with Crippen LogP contribution in [0.1, 0.15) is 71.3 Å². The van der Waals surface area contributed by atoms with E-state index in [9.17, 15) is 13.2 Å². The smallest absolute Gasteiger partial charge is 0.251 e. The molecule has 2 aromatic rings. The van der Waals surface area contributed by atoms with Gasteiger partial charge in [0, 0.05) is 18.7 Å². The van der Waals surface area contributed by atoms with Crippen LogP contribution in [-0.2, 0) is 10.0 Å². The number of hydrogen-bond donors (Lipinski definition) is 1. The molecular weight excluding hydrogens is 432 g/mol. The van der Waals surface area contributed by atoms with Crippen molar-refractivity contribution in [1.82, 2.24) is 9.62 Å². The first kappa shape index (κ1) is 23.8. The Hall–Kier alpha value is -1.89. The lowest BCUT2D eigenvalue weighted by molar-refractivity contribution is 0.0939. The minimum absolute atomic E-state index is 0.00118. The normalized spacial score (nSPS) is 16.5. The average Bonchev–Trinajstić information content (AvgIpc) is 3.01. The third kappa shape index (κ3) is 5.30. The predicted molar refractivity (Wildman–Crippen MR) is 125 cm³/mol. The number of carbonyl (C=O) groups is 1. The molecule has 0 spiro atoms. The van der Waals surface area contributed by atoms with Crippen molar-refractivity contribution >= 4 is 27.5 Å². The van der Waals surface area contributed by atoms with Crippen molar-refractivity contribution in [3.05, 3.63) is 63.2 Å². The summed E-state index contributed by atoms with van der Waals surface area (Å²) in [6, 6.07) is 8.45. The van der Waals surface area contributed by atoms with Crippen LogP contribution in [-0.4, -0.2) is 31.7 Å². The Labute approximate surface area is 190 Å². The summed E-state index contributed by atoms with van der Waals surface area (Å²) in [6.07, 6.45) is 3.73. The Kier molecular flexibility index (Phi) is 7.45. The highest BCUT2D eigenvalue weighted by atomic mass is 35.5. The molecule has 168 valence electrons. The van der Waals surface area contributed by atoms with Crippen molar-refractivity contribution in [1.29, 1.82) is 0 Å². The van der Waals surface area contributed by atoms with Gasteiger partial charge in [0.1, 0.15) is 4.90 Å². The van der Waals surface area contributed by atoms with Crippen LogP contribution in [0.25, 0.3) is 0 Å². The van der Waals surface area contributed by atoms with Crippen LogP contribution in [0.4, 0.5) is 0 Å². The van der Waals surface area contributed by atoms with E-state index < -0.39 is 10.0 Å². The number of sulfonamides is 1. The average molecular weight is 463 g/mol. The fourth-order valence-electron chi connectivity index (χ4n) is 4.07. The van der Waals surface area contributed by atoms with Gasteiger partial charge in [0.25, 0.3) is 5.91 Å². The van der Waals surface area contributed by atoms with E-state index in [4.69, 9.17) is 11.6 Å². The summed E-state index contributed by atoms with van der Waals surface area (Å²) in [6.45, 7) is 9.04. The number of aryl methyl sites for hydroxylation is 3. The highest BCUT2D eigenvalue weighted by Crippen LogP contribution is 2.28. The van der Waals surface area contributed by atoms with Crippen molar-refractivity contribution in [3.63, 3.8) is 0 Å². The van der Waals surface area contributed by atoms with E-state index >= 15 is 0 Å². The maximum Gasteiger partial charge on any atom is 0.251 e. The van der Waals surface area contributed by atoms with E-state index in [1.807, 2.05) is 20.8 Å². The number of benzene rings is 2. The van der Waals surface area contributed by atoms with Gasteiger partial charge in [0.05, 0.1) is 11.1 Å². The molecule has 1 N–H and O–H groups in total. The molecule has 5 nitrogen and oxygen atoms in total. The zero-order chi connectivity index (χ0) is 22.8. The number of amides is 1. The van der Waals surface area contributed by atoms with Crippen molar-refractivity contribution in [2.45, 2.75) is 64.3 Å². The van der Waals surface area contributed by atoms with Crippen LogP contribution in [0, 0.1) is 20.8 Å². The van der Waals surface area contributed by atoms with E-state index in [1.165, 1.54) is 27.6 Å². The van der Waals surface area contributed by atoms with Gasteiger partial charge in [-0.3, -0.25) is 4.79 Å². The fraction of sp³-hybridized carbons (Fsp3) is 0.458. The van der Waals surface area contributed by atoms with Gasteiger partial charge in [-0.15, -0.1) is 0 Å². The first-order valence-electron chi connectivity index (χ1n) is 10.8. The van der Waals surface area contributed by atoms with E-state index in [1.54, 1.807) is 6.07 Å². The van der Waals surface area contributed by atoms with Crippen molar-refractivity contribution in [3.8, 4) is 0 Å². The second-order valence-electron chi connectivity index (χ2n) is 8.45. The molecule has 1 aliphatic rings. The van der Waals surface area contributed by atoms with Gasteiger partial charge in [-0.05, 0) is 81.0 Å². The summed E-state index contributed by atoms with van der Waals surface area (Å²) < 4.78 is 27.9. The number of nitrogens with one attached hydrogen (secondary N) is 1. The number of nitrogens with zero attached hydrogens (tertiary/aromatic N) is 1. The Balaban J connectivity index is 1.85. The zero-order valence-corrected chi connectivity index (χ0v) is 20.2. The molecule has 1 atom stereocenters. The second-order valence-corrected chi connectivity index (χ2v) is 10.8. The SMILES string of the molecule is Cc1cc(C)c(C(C)NC(=O)c2ccc(Cl)c(S(=O)(=O)N3CCCCCC3)c2)cc1C. The predicted octanol–water partition coefficient (Wildman–Crippen LogP) is 5.32. The monoisotopic (exact) mass is 462 g/mol. The van der Waals surface area contributed by atoms with Gasteiger partial charge < -0.3 is 5.32 Å².